The third-order valence-corrected chi connectivity index (χ3v) is 2.61. The molecule has 0 radical (unpaired) electrons. The molecule has 0 spiro atoms. The fourth-order valence-corrected chi connectivity index (χ4v) is 1.61. The van der Waals surface area contributed by atoms with E-state index in [2.05, 4.69) is 0 Å². The zero-order valence-electron chi connectivity index (χ0n) is 10.5. The highest BCUT2D eigenvalue weighted by Crippen LogP contribution is 2.32. The highest BCUT2D eigenvalue weighted by atomic mass is 16.6. The van der Waals surface area contributed by atoms with E-state index in [0.29, 0.717) is 0 Å². The third kappa shape index (κ3) is 3.13. The molecule has 1 N–H and O–H groups in total. The maximum Gasteiger partial charge on any atom is 0.335 e. The third-order valence-electron chi connectivity index (χ3n) is 2.61. The number of hydrogen-bond donors (Lipinski definition) is 1. The van der Waals surface area contributed by atoms with Crippen LogP contribution in [0.2, 0.25) is 0 Å². The smallest absolute Gasteiger partial charge is 0.335 e. The van der Waals surface area contributed by atoms with Crippen molar-refractivity contribution in [2.75, 3.05) is 0 Å². The zero-order chi connectivity index (χ0) is 15.4. The molecule has 0 aliphatic carbocycles. The van der Waals surface area contributed by atoms with Crippen LogP contribution in [0.25, 0.3) is 0 Å². The van der Waals surface area contributed by atoms with E-state index in [4.69, 9.17) is 15.1 Å². The Kier molecular flexibility index (Phi) is 3.81. The minimum absolute atomic E-state index is 0.0259. The lowest BCUT2D eigenvalue weighted by molar-refractivity contribution is -0.385. The van der Waals surface area contributed by atoms with Crippen LogP contribution in [0.3, 0.4) is 0 Å². The van der Waals surface area contributed by atoms with Crippen molar-refractivity contribution in [3.8, 4) is 17.6 Å². The molecule has 0 unspecified atom stereocenters. The van der Waals surface area contributed by atoms with Gasteiger partial charge in [0.1, 0.15) is 5.75 Å². The predicted octanol–water partition coefficient (Wildman–Crippen LogP) is 2.96. The maximum absolute atomic E-state index is 11.0. The summed E-state index contributed by atoms with van der Waals surface area (Å²) in [6.45, 7) is 0. The van der Waals surface area contributed by atoms with E-state index >= 15 is 0 Å². The van der Waals surface area contributed by atoms with Crippen LogP contribution < -0.4 is 4.74 Å². The first kappa shape index (κ1) is 14.0. The quantitative estimate of drug-likeness (QED) is 0.682. The van der Waals surface area contributed by atoms with Crippen molar-refractivity contribution in [3.05, 3.63) is 63.7 Å². The summed E-state index contributed by atoms with van der Waals surface area (Å²) in [5.41, 5.74) is -0.108. The predicted molar refractivity (Wildman–Crippen MR) is 71.3 cm³/mol. The fourth-order valence-electron chi connectivity index (χ4n) is 1.61. The van der Waals surface area contributed by atoms with Crippen molar-refractivity contribution in [3.63, 3.8) is 0 Å². The first-order valence-electron chi connectivity index (χ1n) is 5.71. The lowest BCUT2D eigenvalue weighted by Crippen LogP contribution is -1.96. The van der Waals surface area contributed by atoms with E-state index in [9.17, 15) is 14.9 Å². The topological polar surface area (TPSA) is 113 Å². The molecule has 0 aliphatic heterocycles. The van der Waals surface area contributed by atoms with Crippen molar-refractivity contribution in [2.45, 2.75) is 0 Å². The van der Waals surface area contributed by atoms with Gasteiger partial charge in [-0.15, -0.1) is 0 Å². The Hall–Kier alpha value is -3.40. The number of ether oxygens (including phenoxy) is 1. The van der Waals surface area contributed by atoms with Gasteiger partial charge in [0, 0.05) is 6.07 Å². The fraction of sp³-hybridized carbons (Fsp3) is 0. The van der Waals surface area contributed by atoms with Crippen LogP contribution in [-0.4, -0.2) is 16.0 Å². The Morgan fingerprint density at radius 2 is 1.90 bits per heavy atom. The summed E-state index contributed by atoms with van der Waals surface area (Å²) < 4.78 is 5.36. The van der Waals surface area contributed by atoms with Gasteiger partial charge in [-0.25, -0.2) is 4.79 Å². The van der Waals surface area contributed by atoms with Crippen molar-refractivity contribution < 1.29 is 19.6 Å². The monoisotopic (exact) mass is 284 g/mol. The minimum Gasteiger partial charge on any atom is -0.478 e. The number of benzene rings is 2. The summed E-state index contributed by atoms with van der Waals surface area (Å²) in [5.74, 6) is -0.846. The molecule has 21 heavy (non-hydrogen) atoms. The number of nitrogens with zero attached hydrogens (tertiary/aromatic N) is 2. The van der Waals surface area contributed by atoms with Crippen LogP contribution in [0.5, 0.6) is 11.5 Å². The van der Waals surface area contributed by atoms with E-state index in [1.54, 1.807) is 0 Å². The molecule has 104 valence electrons. The molecule has 2 rings (SSSR count). The molecule has 0 heterocycles. The lowest BCUT2D eigenvalue weighted by Gasteiger charge is -2.06. The van der Waals surface area contributed by atoms with E-state index in [1.807, 2.05) is 6.07 Å². The number of hydrogen-bond acceptors (Lipinski definition) is 5. The zero-order valence-corrected chi connectivity index (χ0v) is 10.5. The van der Waals surface area contributed by atoms with Gasteiger partial charge in [-0.3, -0.25) is 10.1 Å². The Bertz CT molecular complexity index is 747. The van der Waals surface area contributed by atoms with Crippen LogP contribution in [-0.2, 0) is 0 Å². The van der Waals surface area contributed by atoms with Gasteiger partial charge in [-0.1, -0.05) is 0 Å². The summed E-state index contributed by atoms with van der Waals surface area (Å²) in [7, 11) is 0. The molecule has 2 aromatic carbocycles. The molecule has 7 nitrogen and oxygen atoms in total. The molecule has 0 bridgehead atoms. The molecule has 0 aromatic heterocycles. The second-order valence-corrected chi connectivity index (χ2v) is 3.98. The summed E-state index contributed by atoms with van der Waals surface area (Å²) in [5, 5.41) is 28.5. The van der Waals surface area contributed by atoms with Crippen LogP contribution >= 0.6 is 0 Å². The number of carbonyl (C=O) groups is 1. The normalized spacial score (nSPS) is 9.67. The summed E-state index contributed by atoms with van der Waals surface area (Å²) >= 11 is 0. The second-order valence-electron chi connectivity index (χ2n) is 3.98. The van der Waals surface area contributed by atoms with Crippen molar-refractivity contribution in [1.82, 2.24) is 0 Å². The molecule has 0 aliphatic rings. The Morgan fingerprint density at radius 1 is 1.24 bits per heavy atom. The second kappa shape index (κ2) is 5.71. The Labute approximate surface area is 118 Å². The summed E-state index contributed by atoms with van der Waals surface area (Å²) in [6.07, 6.45) is 0. The van der Waals surface area contributed by atoms with Gasteiger partial charge in [0.2, 0.25) is 5.75 Å². The molecule has 7 heteroatoms. The van der Waals surface area contributed by atoms with Crippen molar-refractivity contribution in [1.29, 1.82) is 5.26 Å². The first-order chi connectivity index (χ1) is 10.0. The first-order valence-corrected chi connectivity index (χ1v) is 5.71. The number of carboxylic acid groups (broad SMARTS) is 1. The Morgan fingerprint density at radius 3 is 2.43 bits per heavy atom. The molecule has 0 saturated heterocycles. The minimum atomic E-state index is -1.08. The number of rotatable bonds is 4. The van der Waals surface area contributed by atoms with Crippen LogP contribution in [0, 0.1) is 21.4 Å². The molecule has 0 atom stereocenters. The average molecular weight is 284 g/mol. The number of nitro benzene ring substituents is 1. The number of aromatic carboxylic acids is 1. The molecular weight excluding hydrogens is 276 g/mol. The molecule has 0 saturated carbocycles. The van der Waals surface area contributed by atoms with Gasteiger partial charge in [0.05, 0.1) is 22.1 Å². The summed E-state index contributed by atoms with van der Waals surface area (Å²) in [6, 6.07) is 11.1. The number of carboxylic acids is 1. The maximum atomic E-state index is 11.0. The average Bonchev–Trinajstić information content (AvgIpc) is 2.48. The Balaban J connectivity index is 2.33. The van der Waals surface area contributed by atoms with Crippen LogP contribution in [0.4, 0.5) is 5.69 Å². The SMILES string of the molecule is N#Cc1ccc(Oc2ccc(C(=O)O)cc2)c([N+](=O)[O-])c1. The molecular formula is C14H8N2O5. The van der Waals surface area contributed by atoms with E-state index in [0.717, 1.165) is 6.07 Å². The van der Waals surface area contributed by atoms with Crippen molar-refractivity contribution in [2.24, 2.45) is 0 Å². The lowest BCUT2D eigenvalue weighted by atomic mass is 10.2. The number of nitriles is 1. The van der Waals surface area contributed by atoms with E-state index in [1.165, 1.54) is 36.4 Å². The summed E-state index contributed by atoms with van der Waals surface area (Å²) in [4.78, 5) is 21.0. The number of nitro groups is 1. The van der Waals surface area contributed by atoms with E-state index in [-0.39, 0.29) is 28.3 Å². The standard InChI is InChI=1S/C14H8N2O5/c15-8-9-1-6-13(12(7-9)16(19)20)21-11-4-2-10(3-5-11)14(17)18/h1-7H,(H,17,18). The largest absolute Gasteiger partial charge is 0.478 e. The van der Waals surface area contributed by atoms with E-state index < -0.39 is 10.9 Å². The molecule has 0 fully saturated rings. The van der Waals surface area contributed by atoms with Gasteiger partial charge in [-0.05, 0) is 36.4 Å². The van der Waals surface area contributed by atoms with Gasteiger partial charge < -0.3 is 9.84 Å². The highest BCUT2D eigenvalue weighted by molar-refractivity contribution is 5.87. The van der Waals surface area contributed by atoms with Gasteiger partial charge >= 0.3 is 11.7 Å². The molecule has 2 aromatic rings. The highest BCUT2D eigenvalue weighted by Gasteiger charge is 2.17. The van der Waals surface area contributed by atoms with Crippen molar-refractivity contribution >= 4 is 11.7 Å². The van der Waals surface area contributed by atoms with Crippen LogP contribution in [0.15, 0.2) is 42.5 Å². The van der Waals surface area contributed by atoms with Gasteiger partial charge in [0.15, 0.2) is 0 Å². The molecule has 0 amide bonds. The van der Waals surface area contributed by atoms with Gasteiger partial charge in [0.25, 0.3) is 0 Å². The van der Waals surface area contributed by atoms with Crippen LogP contribution in [0.1, 0.15) is 15.9 Å². The van der Waals surface area contributed by atoms with Gasteiger partial charge in [-0.2, -0.15) is 5.26 Å².